The predicted molar refractivity (Wildman–Crippen MR) is 112 cm³/mol. The summed E-state index contributed by atoms with van der Waals surface area (Å²) in [5.41, 5.74) is 0.840. The number of anilines is 1. The lowest BCUT2D eigenvalue weighted by Gasteiger charge is -2.35. The van der Waals surface area contributed by atoms with Crippen molar-refractivity contribution in [1.82, 2.24) is 24.6 Å². The maximum absolute atomic E-state index is 13.8. The van der Waals surface area contributed by atoms with Gasteiger partial charge in [-0.3, -0.25) is 14.6 Å². The van der Waals surface area contributed by atoms with E-state index in [1.54, 1.807) is 28.6 Å². The normalized spacial score (nSPS) is 15.1. The minimum absolute atomic E-state index is 0.198. The number of nitrogens with one attached hydrogen (secondary N) is 1. The first kappa shape index (κ1) is 20.1. The van der Waals surface area contributed by atoms with E-state index in [2.05, 4.69) is 15.1 Å². The highest BCUT2D eigenvalue weighted by Crippen LogP contribution is 2.21. The first-order chi connectivity index (χ1) is 14.1. The van der Waals surface area contributed by atoms with Crippen molar-refractivity contribution >= 4 is 22.9 Å². The fourth-order valence-electron chi connectivity index (χ4n) is 3.58. The van der Waals surface area contributed by atoms with Crippen molar-refractivity contribution in [3.8, 4) is 0 Å². The molecule has 0 radical (unpaired) electrons. The standard InChI is InChI=1S/C21H25FN6O2/c1-13-5-6-14(11-16(13)22)19(30)26-7-9-27(10-8-26)20-24-17-15(18(29)25-20)12-23-28(17)21(2,3)4/h5-6,11-12H,7-10H2,1-4H3,(H,24,25,29). The van der Waals surface area contributed by atoms with Crippen molar-refractivity contribution in [2.24, 2.45) is 0 Å². The fourth-order valence-corrected chi connectivity index (χ4v) is 3.58. The quantitative estimate of drug-likeness (QED) is 0.698. The number of aromatic amines is 1. The molecule has 8 nitrogen and oxygen atoms in total. The van der Waals surface area contributed by atoms with Crippen LogP contribution in [0, 0.1) is 12.7 Å². The van der Waals surface area contributed by atoms with E-state index in [9.17, 15) is 14.0 Å². The molecule has 1 aliphatic rings. The molecule has 9 heteroatoms. The molecule has 2 aromatic heterocycles. The highest BCUT2D eigenvalue weighted by molar-refractivity contribution is 5.94. The summed E-state index contributed by atoms with van der Waals surface area (Å²) in [6, 6.07) is 4.54. The van der Waals surface area contributed by atoms with Crippen LogP contribution in [0.25, 0.3) is 11.0 Å². The second-order valence-corrected chi connectivity index (χ2v) is 8.60. The third-order valence-electron chi connectivity index (χ3n) is 5.35. The molecular formula is C21H25FN6O2. The number of benzene rings is 1. The van der Waals surface area contributed by atoms with Crippen LogP contribution >= 0.6 is 0 Å². The minimum atomic E-state index is -0.384. The molecule has 3 heterocycles. The molecule has 1 fully saturated rings. The van der Waals surface area contributed by atoms with Gasteiger partial charge in [0.2, 0.25) is 5.95 Å². The van der Waals surface area contributed by atoms with Gasteiger partial charge >= 0.3 is 0 Å². The van der Waals surface area contributed by atoms with E-state index >= 15 is 0 Å². The molecule has 0 unspecified atom stereocenters. The van der Waals surface area contributed by atoms with Crippen molar-refractivity contribution in [2.45, 2.75) is 33.2 Å². The number of piperazine rings is 1. The van der Waals surface area contributed by atoms with Crippen LogP contribution in [-0.2, 0) is 5.54 Å². The Bertz CT molecular complexity index is 1170. The molecule has 3 aromatic rings. The van der Waals surface area contributed by atoms with Gasteiger partial charge in [-0.15, -0.1) is 0 Å². The summed E-state index contributed by atoms with van der Waals surface area (Å²) < 4.78 is 15.6. The van der Waals surface area contributed by atoms with Crippen LogP contribution in [-0.4, -0.2) is 56.7 Å². The molecule has 0 aliphatic carbocycles. The fraction of sp³-hybridized carbons (Fsp3) is 0.429. The minimum Gasteiger partial charge on any atom is -0.339 e. The van der Waals surface area contributed by atoms with E-state index in [1.165, 1.54) is 12.3 Å². The number of halogens is 1. The van der Waals surface area contributed by atoms with Crippen molar-refractivity contribution < 1.29 is 9.18 Å². The Hall–Kier alpha value is -3.23. The van der Waals surface area contributed by atoms with E-state index in [1.807, 2.05) is 25.7 Å². The Morgan fingerprint density at radius 1 is 1.17 bits per heavy atom. The predicted octanol–water partition coefficient (Wildman–Crippen LogP) is 2.28. The van der Waals surface area contributed by atoms with Crippen LogP contribution in [0.2, 0.25) is 0 Å². The van der Waals surface area contributed by atoms with Crippen LogP contribution < -0.4 is 10.5 Å². The Labute approximate surface area is 173 Å². The second kappa shape index (κ2) is 7.23. The van der Waals surface area contributed by atoms with E-state index in [-0.39, 0.29) is 22.8 Å². The van der Waals surface area contributed by atoms with Crippen LogP contribution in [0.5, 0.6) is 0 Å². The van der Waals surface area contributed by atoms with Crippen molar-refractivity contribution in [2.75, 3.05) is 31.1 Å². The summed E-state index contributed by atoms with van der Waals surface area (Å²) in [5, 5.41) is 4.78. The van der Waals surface area contributed by atoms with Crippen LogP contribution in [0.3, 0.4) is 0 Å². The first-order valence-corrected chi connectivity index (χ1v) is 9.94. The summed E-state index contributed by atoms with van der Waals surface area (Å²) in [6.07, 6.45) is 1.54. The zero-order valence-corrected chi connectivity index (χ0v) is 17.6. The zero-order chi connectivity index (χ0) is 21.6. The molecule has 1 saturated heterocycles. The number of hydrogen-bond acceptors (Lipinski definition) is 5. The van der Waals surface area contributed by atoms with Crippen molar-refractivity contribution in [3.63, 3.8) is 0 Å². The number of carbonyl (C=O) groups is 1. The molecule has 0 saturated carbocycles. The topological polar surface area (TPSA) is 87.1 Å². The van der Waals surface area contributed by atoms with Gasteiger partial charge in [-0.2, -0.15) is 10.1 Å². The number of carbonyl (C=O) groups excluding carboxylic acids is 1. The molecule has 0 atom stereocenters. The lowest BCUT2D eigenvalue weighted by Crippen LogP contribution is -2.49. The molecule has 1 aromatic carbocycles. The summed E-state index contributed by atoms with van der Waals surface area (Å²) in [7, 11) is 0. The number of rotatable bonds is 2. The molecule has 1 aliphatic heterocycles. The van der Waals surface area contributed by atoms with Gasteiger partial charge in [0.15, 0.2) is 5.65 Å². The Kier molecular flexibility index (Phi) is 4.83. The number of nitrogens with zero attached hydrogens (tertiary/aromatic N) is 5. The number of aryl methyl sites for hydroxylation is 1. The smallest absolute Gasteiger partial charge is 0.263 e. The number of H-pyrrole nitrogens is 1. The Morgan fingerprint density at radius 3 is 2.50 bits per heavy atom. The Balaban J connectivity index is 1.54. The zero-order valence-electron chi connectivity index (χ0n) is 17.6. The number of hydrogen-bond donors (Lipinski definition) is 1. The molecule has 0 spiro atoms. The van der Waals surface area contributed by atoms with E-state index in [0.29, 0.717) is 54.3 Å². The van der Waals surface area contributed by atoms with Crippen LogP contribution in [0.1, 0.15) is 36.7 Å². The van der Waals surface area contributed by atoms with Crippen molar-refractivity contribution in [3.05, 3.63) is 51.7 Å². The van der Waals surface area contributed by atoms with Gasteiger partial charge in [0.25, 0.3) is 11.5 Å². The lowest BCUT2D eigenvalue weighted by molar-refractivity contribution is 0.0745. The summed E-state index contributed by atoms with van der Waals surface area (Å²) in [5.74, 6) is -0.117. The van der Waals surface area contributed by atoms with Crippen LogP contribution in [0.15, 0.2) is 29.2 Å². The average Bonchev–Trinajstić information content (AvgIpc) is 3.15. The molecular weight excluding hydrogens is 387 g/mol. The van der Waals surface area contributed by atoms with Gasteiger partial charge < -0.3 is 9.80 Å². The summed E-state index contributed by atoms with van der Waals surface area (Å²) >= 11 is 0. The molecule has 1 amide bonds. The van der Waals surface area contributed by atoms with E-state index in [0.717, 1.165) is 0 Å². The third kappa shape index (κ3) is 3.55. The third-order valence-corrected chi connectivity index (χ3v) is 5.35. The Morgan fingerprint density at radius 2 is 1.87 bits per heavy atom. The lowest BCUT2D eigenvalue weighted by atomic mass is 10.1. The number of amides is 1. The van der Waals surface area contributed by atoms with Gasteiger partial charge in [0, 0.05) is 31.7 Å². The van der Waals surface area contributed by atoms with Gasteiger partial charge in [0.1, 0.15) is 11.2 Å². The molecule has 0 bridgehead atoms. The van der Waals surface area contributed by atoms with Gasteiger partial charge in [0.05, 0.1) is 11.7 Å². The van der Waals surface area contributed by atoms with E-state index in [4.69, 9.17) is 0 Å². The van der Waals surface area contributed by atoms with E-state index < -0.39 is 0 Å². The van der Waals surface area contributed by atoms with Crippen LogP contribution in [0.4, 0.5) is 10.3 Å². The second-order valence-electron chi connectivity index (χ2n) is 8.60. The molecule has 158 valence electrons. The highest BCUT2D eigenvalue weighted by atomic mass is 19.1. The number of fused-ring (bicyclic) bond motifs is 1. The SMILES string of the molecule is Cc1ccc(C(=O)N2CCN(c3nc4c(cnn4C(C)(C)C)c(=O)[nH]3)CC2)cc1F. The average molecular weight is 412 g/mol. The maximum Gasteiger partial charge on any atom is 0.263 e. The summed E-state index contributed by atoms with van der Waals surface area (Å²) in [4.78, 5) is 36.4. The maximum atomic E-state index is 13.8. The summed E-state index contributed by atoms with van der Waals surface area (Å²) in [6.45, 7) is 9.60. The highest BCUT2D eigenvalue weighted by Gasteiger charge is 2.26. The molecule has 1 N–H and O–H groups in total. The van der Waals surface area contributed by atoms with Gasteiger partial charge in [-0.25, -0.2) is 9.07 Å². The van der Waals surface area contributed by atoms with Crippen molar-refractivity contribution in [1.29, 1.82) is 0 Å². The molecule has 30 heavy (non-hydrogen) atoms. The monoisotopic (exact) mass is 412 g/mol. The largest absolute Gasteiger partial charge is 0.339 e. The molecule has 4 rings (SSSR count). The number of aromatic nitrogens is 4. The van der Waals surface area contributed by atoms with Gasteiger partial charge in [-0.1, -0.05) is 6.07 Å². The first-order valence-electron chi connectivity index (χ1n) is 9.94. The van der Waals surface area contributed by atoms with Gasteiger partial charge in [-0.05, 0) is 45.4 Å².